The number of hydrogen-bond acceptors (Lipinski definition) is 2. The average molecular weight is 247 g/mol. The molecule has 0 spiro atoms. The summed E-state index contributed by atoms with van der Waals surface area (Å²) in [7, 11) is 0. The van der Waals surface area contributed by atoms with Gasteiger partial charge >= 0.3 is 0 Å². The summed E-state index contributed by atoms with van der Waals surface area (Å²) in [5.41, 5.74) is 7.26. The second-order valence-electron chi connectivity index (χ2n) is 4.47. The molecular formula is C14H18FN3. The Kier molecular flexibility index (Phi) is 3.77. The normalized spacial score (nSPS) is 12.7. The van der Waals surface area contributed by atoms with Crippen molar-refractivity contribution in [1.29, 1.82) is 0 Å². The molecule has 1 aromatic heterocycles. The minimum atomic E-state index is -0.261. The summed E-state index contributed by atoms with van der Waals surface area (Å²) in [6, 6.07) is 4.85. The summed E-state index contributed by atoms with van der Waals surface area (Å²) in [6.07, 6.45) is 4.55. The topological polar surface area (TPSA) is 43.8 Å². The first-order chi connectivity index (χ1) is 8.63. The molecule has 2 aromatic rings. The second kappa shape index (κ2) is 5.31. The highest BCUT2D eigenvalue weighted by Crippen LogP contribution is 2.24. The number of aromatic nitrogens is 2. The van der Waals surface area contributed by atoms with E-state index in [1.807, 2.05) is 17.7 Å². The van der Waals surface area contributed by atoms with Crippen LogP contribution in [0.25, 0.3) is 11.4 Å². The van der Waals surface area contributed by atoms with Crippen molar-refractivity contribution in [2.75, 3.05) is 0 Å². The van der Waals surface area contributed by atoms with Gasteiger partial charge in [-0.05, 0) is 31.0 Å². The first kappa shape index (κ1) is 12.8. The van der Waals surface area contributed by atoms with E-state index >= 15 is 0 Å². The molecule has 0 aliphatic rings. The van der Waals surface area contributed by atoms with Gasteiger partial charge in [0.1, 0.15) is 11.6 Å². The maximum atomic E-state index is 13.9. The van der Waals surface area contributed by atoms with E-state index < -0.39 is 0 Å². The first-order valence-corrected chi connectivity index (χ1v) is 6.20. The standard InChI is InChI=1S/C14H18FN3/c1-3-7-18-8-6-17-14(18)12-9-11(10(2)16)4-5-13(12)15/h4-6,8-10H,3,7,16H2,1-2H3. The molecule has 1 heterocycles. The van der Waals surface area contributed by atoms with E-state index in [9.17, 15) is 4.39 Å². The van der Waals surface area contributed by atoms with E-state index in [-0.39, 0.29) is 11.9 Å². The largest absolute Gasteiger partial charge is 0.331 e. The molecule has 0 saturated carbocycles. The van der Waals surface area contributed by atoms with Gasteiger partial charge in [0.2, 0.25) is 0 Å². The van der Waals surface area contributed by atoms with Crippen LogP contribution in [0.2, 0.25) is 0 Å². The van der Waals surface area contributed by atoms with E-state index in [2.05, 4.69) is 11.9 Å². The maximum absolute atomic E-state index is 13.9. The highest BCUT2D eigenvalue weighted by molar-refractivity contribution is 5.58. The summed E-state index contributed by atoms with van der Waals surface area (Å²) in [5.74, 6) is 0.403. The zero-order chi connectivity index (χ0) is 13.1. The molecule has 3 nitrogen and oxygen atoms in total. The fourth-order valence-electron chi connectivity index (χ4n) is 1.97. The van der Waals surface area contributed by atoms with E-state index in [0.29, 0.717) is 11.4 Å². The average Bonchev–Trinajstić information content (AvgIpc) is 2.78. The quantitative estimate of drug-likeness (QED) is 0.902. The molecule has 18 heavy (non-hydrogen) atoms. The molecule has 2 rings (SSSR count). The fraction of sp³-hybridized carbons (Fsp3) is 0.357. The molecule has 2 N–H and O–H groups in total. The van der Waals surface area contributed by atoms with Gasteiger partial charge in [0.05, 0.1) is 5.56 Å². The molecule has 1 aromatic carbocycles. The third-order valence-electron chi connectivity index (χ3n) is 2.94. The molecule has 0 amide bonds. The van der Waals surface area contributed by atoms with Crippen LogP contribution in [0.3, 0.4) is 0 Å². The highest BCUT2D eigenvalue weighted by Gasteiger charge is 2.12. The van der Waals surface area contributed by atoms with E-state index in [1.54, 1.807) is 18.3 Å². The molecule has 96 valence electrons. The smallest absolute Gasteiger partial charge is 0.142 e. The van der Waals surface area contributed by atoms with Crippen LogP contribution in [0.5, 0.6) is 0 Å². The van der Waals surface area contributed by atoms with Crippen LogP contribution in [-0.4, -0.2) is 9.55 Å². The Morgan fingerprint density at radius 2 is 2.22 bits per heavy atom. The maximum Gasteiger partial charge on any atom is 0.142 e. The predicted molar refractivity (Wildman–Crippen MR) is 70.5 cm³/mol. The Hall–Kier alpha value is -1.68. The molecule has 0 aliphatic carbocycles. The fourth-order valence-corrected chi connectivity index (χ4v) is 1.97. The van der Waals surface area contributed by atoms with Gasteiger partial charge in [-0.1, -0.05) is 13.0 Å². The summed E-state index contributed by atoms with van der Waals surface area (Å²) in [4.78, 5) is 4.25. The number of aryl methyl sites for hydroxylation is 1. The molecule has 0 radical (unpaired) electrons. The van der Waals surface area contributed by atoms with Crippen LogP contribution in [0.1, 0.15) is 31.9 Å². The molecule has 1 atom stereocenters. The van der Waals surface area contributed by atoms with Gasteiger partial charge in [-0.3, -0.25) is 0 Å². The van der Waals surface area contributed by atoms with Crippen LogP contribution in [0.15, 0.2) is 30.6 Å². The van der Waals surface area contributed by atoms with Crippen molar-refractivity contribution in [3.05, 3.63) is 42.0 Å². The minimum Gasteiger partial charge on any atom is -0.331 e. The Labute approximate surface area is 106 Å². The van der Waals surface area contributed by atoms with Gasteiger partial charge in [-0.2, -0.15) is 0 Å². The van der Waals surface area contributed by atoms with Crippen molar-refractivity contribution in [2.24, 2.45) is 5.73 Å². The number of rotatable bonds is 4. The third kappa shape index (κ3) is 2.43. The minimum absolute atomic E-state index is 0.112. The van der Waals surface area contributed by atoms with Crippen LogP contribution in [-0.2, 0) is 6.54 Å². The molecule has 1 unspecified atom stereocenters. The van der Waals surface area contributed by atoms with Crippen LogP contribution >= 0.6 is 0 Å². The monoisotopic (exact) mass is 247 g/mol. The molecule has 0 bridgehead atoms. The van der Waals surface area contributed by atoms with Crippen molar-refractivity contribution in [1.82, 2.24) is 9.55 Å². The number of nitrogens with zero attached hydrogens (tertiary/aromatic N) is 2. The van der Waals surface area contributed by atoms with Gasteiger partial charge in [-0.15, -0.1) is 0 Å². The highest BCUT2D eigenvalue weighted by atomic mass is 19.1. The molecule has 0 saturated heterocycles. The van der Waals surface area contributed by atoms with E-state index in [4.69, 9.17) is 5.73 Å². The Morgan fingerprint density at radius 1 is 1.44 bits per heavy atom. The van der Waals surface area contributed by atoms with E-state index in [0.717, 1.165) is 18.5 Å². The number of imidazole rings is 1. The number of nitrogens with two attached hydrogens (primary N) is 1. The summed E-state index contributed by atoms with van der Waals surface area (Å²) < 4.78 is 15.9. The third-order valence-corrected chi connectivity index (χ3v) is 2.94. The second-order valence-corrected chi connectivity index (χ2v) is 4.47. The molecular weight excluding hydrogens is 229 g/mol. The number of benzene rings is 1. The summed E-state index contributed by atoms with van der Waals surface area (Å²) in [6.45, 7) is 4.80. The van der Waals surface area contributed by atoms with Crippen LogP contribution in [0.4, 0.5) is 4.39 Å². The molecule has 0 aliphatic heterocycles. The van der Waals surface area contributed by atoms with Crippen molar-refractivity contribution in [3.8, 4) is 11.4 Å². The van der Waals surface area contributed by atoms with Crippen LogP contribution < -0.4 is 5.73 Å². The van der Waals surface area contributed by atoms with Crippen LogP contribution in [0, 0.1) is 5.82 Å². The van der Waals surface area contributed by atoms with Gasteiger partial charge in [0.15, 0.2) is 0 Å². The zero-order valence-corrected chi connectivity index (χ0v) is 10.7. The molecule has 4 heteroatoms. The van der Waals surface area contributed by atoms with Crippen molar-refractivity contribution >= 4 is 0 Å². The Morgan fingerprint density at radius 3 is 2.89 bits per heavy atom. The first-order valence-electron chi connectivity index (χ1n) is 6.20. The lowest BCUT2D eigenvalue weighted by Crippen LogP contribution is -2.06. The number of halogens is 1. The van der Waals surface area contributed by atoms with Crippen molar-refractivity contribution in [3.63, 3.8) is 0 Å². The number of hydrogen-bond donors (Lipinski definition) is 1. The lowest BCUT2D eigenvalue weighted by Gasteiger charge is -2.11. The lowest BCUT2D eigenvalue weighted by molar-refractivity contribution is 0.622. The van der Waals surface area contributed by atoms with E-state index in [1.165, 1.54) is 6.07 Å². The Bertz CT molecular complexity index is 532. The lowest BCUT2D eigenvalue weighted by atomic mass is 10.0. The van der Waals surface area contributed by atoms with Gasteiger partial charge in [0, 0.05) is 25.0 Å². The zero-order valence-electron chi connectivity index (χ0n) is 10.7. The Balaban J connectivity index is 2.48. The van der Waals surface area contributed by atoms with Gasteiger partial charge in [-0.25, -0.2) is 9.37 Å². The van der Waals surface area contributed by atoms with Gasteiger partial charge in [0.25, 0.3) is 0 Å². The van der Waals surface area contributed by atoms with Gasteiger partial charge < -0.3 is 10.3 Å². The summed E-state index contributed by atoms with van der Waals surface area (Å²) in [5, 5.41) is 0. The molecule has 0 fully saturated rings. The van der Waals surface area contributed by atoms with Crippen molar-refractivity contribution in [2.45, 2.75) is 32.9 Å². The SMILES string of the molecule is CCCn1ccnc1-c1cc(C(C)N)ccc1F. The summed E-state index contributed by atoms with van der Waals surface area (Å²) >= 11 is 0. The predicted octanol–water partition coefficient (Wildman–Crippen LogP) is 3.12. The van der Waals surface area contributed by atoms with Crippen molar-refractivity contribution < 1.29 is 4.39 Å².